The number of aliphatic hydroxyl groups excluding tert-OH is 1. The normalized spacial score (nSPS) is 17.2. The summed E-state index contributed by atoms with van der Waals surface area (Å²) in [6.45, 7) is 0.832. The standard InChI is InChI=1S/C9H15F5O2/c1-3-7(2,4-15)5-16-6-8(10,11)9(12,13)14/h15H,3-6H2,1-2H3. The fraction of sp³-hybridized carbons (Fsp3) is 1.00. The highest BCUT2D eigenvalue weighted by molar-refractivity contribution is 4.76. The Bertz CT molecular complexity index is 210. The van der Waals surface area contributed by atoms with E-state index in [0.29, 0.717) is 6.42 Å². The van der Waals surface area contributed by atoms with Crippen LogP contribution in [0.3, 0.4) is 0 Å². The second kappa shape index (κ2) is 5.27. The molecule has 1 unspecified atom stereocenters. The Kier molecular flexibility index (Phi) is 5.13. The molecule has 98 valence electrons. The van der Waals surface area contributed by atoms with E-state index in [0.717, 1.165) is 0 Å². The molecule has 0 saturated heterocycles. The third kappa shape index (κ3) is 4.21. The minimum Gasteiger partial charge on any atom is -0.396 e. The largest absolute Gasteiger partial charge is 0.455 e. The lowest BCUT2D eigenvalue weighted by Crippen LogP contribution is -2.42. The molecule has 0 aliphatic heterocycles. The van der Waals surface area contributed by atoms with Crippen LogP contribution in [-0.2, 0) is 4.74 Å². The minimum atomic E-state index is -5.60. The number of ether oxygens (including phenoxy) is 1. The highest BCUT2D eigenvalue weighted by atomic mass is 19.4. The van der Waals surface area contributed by atoms with Gasteiger partial charge >= 0.3 is 12.1 Å². The average molecular weight is 250 g/mol. The minimum absolute atomic E-state index is 0.332. The summed E-state index contributed by atoms with van der Waals surface area (Å²) >= 11 is 0. The molecule has 1 atom stereocenters. The molecule has 2 nitrogen and oxygen atoms in total. The predicted octanol–water partition coefficient (Wildman–Crippen LogP) is 2.61. The zero-order chi connectivity index (χ0) is 13.0. The maximum atomic E-state index is 12.4. The van der Waals surface area contributed by atoms with Crippen LogP contribution in [-0.4, -0.2) is 37.0 Å². The second-order valence-corrected chi connectivity index (χ2v) is 4.02. The highest BCUT2D eigenvalue weighted by Crippen LogP contribution is 2.35. The third-order valence-electron chi connectivity index (χ3n) is 2.38. The first-order valence-electron chi connectivity index (χ1n) is 4.71. The molecule has 0 fully saturated rings. The van der Waals surface area contributed by atoms with Gasteiger partial charge in [0, 0.05) is 5.41 Å². The molecule has 0 aliphatic rings. The summed E-state index contributed by atoms with van der Waals surface area (Å²) < 4.78 is 64.4. The summed E-state index contributed by atoms with van der Waals surface area (Å²) in [5.74, 6) is -4.85. The molecule has 1 N–H and O–H groups in total. The van der Waals surface area contributed by atoms with Gasteiger partial charge in [0.1, 0.15) is 6.61 Å². The third-order valence-corrected chi connectivity index (χ3v) is 2.38. The van der Waals surface area contributed by atoms with Gasteiger partial charge in [-0.2, -0.15) is 22.0 Å². The molecule has 0 amide bonds. The molecule has 16 heavy (non-hydrogen) atoms. The van der Waals surface area contributed by atoms with E-state index in [4.69, 9.17) is 5.11 Å². The fourth-order valence-electron chi connectivity index (χ4n) is 0.767. The van der Waals surface area contributed by atoms with Crippen molar-refractivity contribution in [3.05, 3.63) is 0 Å². The predicted molar refractivity (Wildman–Crippen MR) is 47.3 cm³/mol. The van der Waals surface area contributed by atoms with Crippen molar-refractivity contribution in [2.24, 2.45) is 5.41 Å². The van der Waals surface area contributed by atoms with E-state index in [1.807, 2.05) is 0 Å². The van der Waals surface area contributed by atoms with E-state index in [-0.39, 0.29) is 13.2 Å². The Morgan fingerprint density at radius 1 is 1.06 bits per heavy atom. The van der Waals surface area contributed by atoms with Gasteiger partial charge in [-0.3, -0.25) is 0 Å². The molecule has 0 radical (unpaired) electrons. The summed E-state index contributed by atoms with van der Waals surface area (Å²) in [5, 5.41) is 8.88. The molecular formula is C9H15F5O2. The molecule has 0 heterocycles. The molecule has 0 bridgehead atoms. The van der Waals surface area contributed by atoms with Gasteiger partial charge in [0.2, 0.25) is 0 Å². The van der Waals surface area contributed by atoms with Crippen molar-refractivity contribution in [3.8, 4) is 0 Å². The van der Waals surface area contributed by atoms with Gasteiger partial charge in [-0.05, 0) is 6.42 Å². The Morgan fingerprint density at radius 2 is 1.56 bits per heavy atom. The van der Waals surface area contributed by atoms with Crippen molar-refractivity contribution >= 4 is 0 Å². The Hall–Kier alpha value is -0.430. The van der Waals surface area contributed by atoms with Crippen molar-refractivity contribution in [1.82, 2.24) is 0 Å². The van der Waals surface area contributed by atoms with Gasteiger partial charge in [0.15, 0.2) is 0 Å². The maximum Gasteiger partial charge on any atom is 0.455 e. The highest BCUT2D eigenvalue weighted by Gasteiger charge is 2.57. The lowest BCUT2D eigenvalue weighted by atomic mass is 9.90. The summed E-state index contributed by atoms with van der Waals surface area (Å²) in [4.78, 5) is 0. The molecular weight excluding hydrogens is 235 g/mol. The lowest BCUT2D eigenvalue weighted by molar-refractivity contribution is -0.298. The quantitative estimate of drug-likeness (QED) is 0.734. The van der Waals surface area contributed by atoms with Gasteiger partial charge < -0.3 is 9.84 Å². The van der Waals surface area contributed by atoms with Crippen LogP contribution in [0.2, 0.25) is 0 Å². The van der Waals surface area contributed by atoms with E-state index in [1.54, 1.807) is 13.8 Å². The first-order chi connectivity index (χ1) is 7.08. The molecule has 0 aromatic carbocycles. The van der Waals surface area contributed by atoms with E-state index in [1.165, 1.54) is 0 Å². The number of hydrogen-bond acceptors (Lipinski definition) is 2. The maximum absolute atomic E-state index is 12.4. The van der Waals surface area contributed by atoms with Crippen molar-refractivity contribution in [3.63, 3.8) is 0 Å². The van der Waals surface area contributed by atoms with Crippen LogP contribution in [0.5, 0.6) is 0 Å². The zero-order valence-electron chi connectivity index (χ0n) is 9.07. The smallest absolute Gasteiger partial charge is 0.396 e. The van der Waals surface area contributed by atoms with E-state index >= 15 is 0 Å². The van der Waals surface area contributed by atoms with Crippen LogP contribution in [0.4, 0.5) is 22.0 Å². The molecule has 0 rings (SSSR count). The molecule has 0 saturated carbocycles. The first-order valence-corrected chi connectivity index (χ1v) is 4.71. The van der Waals surface area contributed by atoms with Crippen LogP contribution < -0.4 is 0 Å². The van der Waals surface area contributed by atoms with E-state index in [9.17, 15) is 22.0 Å². The van der Waals surface area contributed by atoms with Gasteiger partial charge in [-0.25, -0.2) is 0 Å². The van der Waals surface area contributed by atoms with Crippen LogP contribution in [0.1, 0.15) is 20.3 Å². The molecule has 0 aliphatic carbocycles. The fourth-order valence-corrected chi connectivity index (χ4v) is 0.767. The SMILES string of the molecule is CCC(C)(CO)COCC(F)(F)C(F)(F)F. The molecule has 7 heteroatoms. The summed E-state index contributed by atoms with van der Waals surface area (Å²) in [6.07, 6.45) is -5.18. The average Bonchev–Trinajstić information content (AvgIpc) is 2.15. The van der Waals surface area contributed by atoms with Crippen molar-refractivity contribution in [2.45, 2.75) is 32.4 Å². The topological polar surface area (TPSA) is 29.5 Å². The lowest BCUT2D eigenvalue weighted by Gasteiger charge is -2.27. The summed E-state index contributed by atoms with van der Waals surface area (Å²) in [6, 6.07) is 0. The van der Waals surface area contributed by atoms with Crippen molar-refractivity contribution in [1.29, 1.82) is 0 Å². The number of rotatable bonds is 6. The van der Waals surface area contributed by atoms with Crippen LogP contribution in [0.25, 0.3) is 0 Å². The first kappa shape index (κ1) is 15.6. The van der Waals surface area contributed by atoms with Crippen molar-refractivity contribution in [2.75, 3.05) is 19.8 Å². The molecule has 0 spiro atoms. The van der Waals surface area contributed by atoms with Crippen LogP contribution >= 0.6 is 0 Å². The number of halogens is 5. The summed E-state index contributed by atoms with van der Waals surface area (Å²) in [7, 11) is 0. The number of hydrogen-bond donors (Lipinski definition) is 1. The Labute approximate surface area is 90.4 Å². The Morgan fingerprint density at radius 3 is 1.88 bits per heavy atom. The summed E-state index contributed by atoms with van der Waals surface area (Å²) in [5.41, 5.74) is -0.790. The van der Waals surface area contributed by atoms with E-state index in [2.05, 4.69) is 4.74 Å². The number of alkyl halides is 5. The molecule has 0 aromatic heterocycles. The van der Waals surface area contributed by atoms with Gasteiger partial charge in [0.05, 0.1) is 13.2 Å². The second-order valence-electron chi connectivity index (χ2n) is 4.02. The van der Waals surface area contributed by atoms with Gasteiger partial charge in [-0.15, -0.1) is 0 Å². The zero-order valence-corrected chi connectivity index (χ0v) is 9.07. The van der Waals surface area contributed by atoms with Gasteiger partial charge in [-0.1, -0.05) is 13.8 Å². The van der Waals surface area contributed by atoms with Crippen molar-refractivity contribution < 1.29 is 31.8 Å². The molecule has 0 aromatic rings. The van der Waals surface area contributed by atoms with E-state index < -0.39 is 24.1 Å². The monoisotopic (exact) mass is 250 g/mol. The van der Waals surface area contributed by atoms with Crippen LogP contribution in [0.15, 0.2) is 0 Å². The Balaban J connectivity index is 4.18. The number of aliphatic hydroxyl groups is 1. The van der Waals surface area contributed by atoms with Crippen LogP contribution in [0, 0.1) is 5.41 Å². The van der Waals surface area contributed by atoms with Gasteiger partial charge in [0.25, 0.3) is 0 Å².